The third kappa shape index (κ3) is 2.97. The van der Waals surface area contributed by atoms with E-state index in [-0.39, 0.29) is 18.0 Å². The third-order valence-electron chi connectivity index (χ3n) is 5.55. The Morgan fingerprint density at radius 1 is 1.40 bits per heavy atom. The standard InChI is InChI=1S/C20H26N4O/c1-14-12-16-6-3-4-8-18(16)24(14)20(25)15(2)22-13-17-7-5-10-23-11-9-21-19(17)23/h3-4,6,8-9,11,14-15,17,22H,5,7,10,12-13H2,1-2H3. The van der Waals surface area contributed by atoms with Gasteiger partial charge in [-0.1, -0.05) is 18.2 Å². The highest BCUT2D eigenvalue weighted by molar-refractivity contribution is 5.99. The van der Waals surface area contributed by atoms with Crippen LogP contribution in [0.3, 0.4) is 0 Å². The van der Waals surface area contributed by atoms with Gasteiger partial charge in [-0.2, -0.15) is 0 Å². The number of para-hydroxylation sites is 1. The number of imidazole rings is 1. The molecule has 0 radical (unpaired) electrons. The Hall–Kier alpha value is -2.14. The molecule has 25 heavy (non-hydrogen) atoms. The summed E-state index contributed by atoms with van der Waals surface area (Å²) in [6, 6.07) is 8.27. The second-order valence-electron chi connectivity index (χ2n) is 7.34. The van der Waals surface area contributed by atoms with Gasteiger partial charge in [0.05, 0.1) is 6.04 Å². The summed E-state index contributed by atoms with van der Waals surface area (Å²) in [6.45, 7) is 5.96. The van der Waals surface area contributed by atoms with Crippen LogP contribution in [0, 0.1) is 0 Å². The molecular formula is C20H26N4O. The second kappa shape index (κ2) is 6.64. The van der Waals surface area contributed by atoms with Gasteiger partial charge in [-0.25, -0.2) is 4.98 Å². The maximum Gasteiger partial charge on any atom is 0.244 e. The van der Waals surface area contributed by atoms with E-state index in [1.165, 1.54) is 12.0 Å². The van der Waals surface area contributed by atoms with E-state index in [4.69, 9.17) is 0 Å². The lowest BCUT2D eigenvalue weighted by molar-refractivity contribution is -0.120. The maximum absolute atomic E-state index is 13.0. The molecule has 2 aromatic rings. The maximum atomic E-state index is 13.0. The van der Waals surface area contributed by atoms with Crippen LogP contribution in [0.1, 0.15) is 44.0 Å². The molecule has 2 aliphatic rings. The van der Waals surface area contributed by atoms with Crippen molar-refractivity contribution in [2.75, 3.05) is 11.4 Å². The predicted molar refractivity (Wildman–Crippen MR) is 98.8 cm³/mol. The van der Waals surface area contributed by atoms with Gasteiger partial charge in [-0.3, -0.25) is 4.79 Å². The highest BCUT2D eigenvalue weighted by atomic mass is 16.2. The number of hydrogen-bond acceptors (Lipinski definition) is 3. The molecule has 5 heteroatoms. The van der Waals surface area contributed by atoms with Gasteiger partial charge >= 0.3 is 0 Å². The summed E-state index contributed by atoms with van der Waals surface area (Å²) in [4.78, 5) is 19.5. The molecule has 1 aromatic carbocycles. The molecule has 3 heterocycles. The van der Waals surface area contributed by atoms with Crippen LogP contribution in [0.25, 0.3) is 0 Å². The summed E-state index contributed by atoms with van der Waals surface area (Å²) in [5.41, 5.74) is 2.34. The molecule has 4 rings (SSSR count). The van der Waals surface area contributed by atoms with Crippen molar-refractivity contribution in [2.24, 2.45) is 0 Å². The number of fused-ring (bicyclic) bond motifs is 2. The average Bonchev–Trinajstić information content (AvgIpc) is 3.22. The van der Waals surface area contributed by atoms with Gasteiger partial charge in [0.2, 0.25) is 5.91 Å². The Morgan fingerprint density at radius 3 is 3.12 bits per heavy atom. The van der Waals surface area contributed by atoms with Gasteiger partial charge in [-0.05, 0) is 44.7 Å². The Bertz CT molecular complexity index is 769. The molecule has 2 aliphatic heterocycles. The number of carbonyl (C=O) groups is 1. The highest BCUT2D eigenvalue weighted by Crippen LogP contribution is 2.32. The number of hydrogen-bond donors (Lipinski definition) is 1. The topological polar surface area (TPSA) is 50.2 Å². The fraction of sp³-hybridized carbons (Fsp3) is 0.500. The number of aryl methyl sites for hydroxylation is 1. The first-order valence-corrected chi connectivity index (χ1v) is 9.30. The molecule has 1 N–H and O–H groups in total. The molecule has 0 saturated heterocycles. The Balaban J connectivity index is 1.42. The minimum Gasteiger partial charge on any atom is -0.335 e. The summed E-state index contributed by atoms with van der Waals surface area (Å²) in [6.07, 6.45) is 7.18. The average molecular weight is 338 g/mol. The lowest BCUT2D eigenvalue weighted by Gasteiger charge is -2.29. The number of rotatable bonds is 4. The van der Waals surface area contributed by atoms with E-state index in [0.29, 0.717) is 5.92 Å². The van der Waals surface area contributed by atoms with Crippen LogP contribution in [-0.2, 0) is 17.8 Å². The van der Waals surface area contributed by atoms with Gasteiger partial charge in [0.1, 0.15) is 5.82 Å². The second-order valence-corrected chi connectivity index (χ2v) is 7.34. The minimum absolute atomic E-state index is 0.164. The number of amides is 1. The molecule has 0 bridgehead atoms. The van der Waals surface area contributed by atoms with E-state index in [1.807, 2.05) is 30.2 Å². The largest absolute Gasteiger partial charge is 0.335 e. The van der Waals surface area contributed by atoms with Crippen molar-refractivity contribution in [3.8, 4) is 0 Å². The van der Waals surface area contributed by atoms with Crippen LogP contribution < -0.4 is 10.2 Å². The lowest BCUT2D eigenvalue weighted by Crippen LogP contribution is -2.48. The summed E-state index contributed by atoms with van der Waals surface area (Å²) in [5.74, 6) is 1.71. The zero-order chi connectivity index (χ0) is 17.4. The molecule has 3 atom stereocenters. The number of carbonyl (C=O) groups excluding carboxylic acids is 1. The molecule has 5 nitrogen and oxygen atoms in total. The number of anilines is 1. The normalized spacial score (nSPS) is 23.2. The highest BCUT2D eigenvalue weighted by Gasteiger charge is 2.33. The Kier molecular flexibility index (Phi) is 4.34. The fourth-order valence-electron chi connectivity index (χ4n) is 4.22. The van der Waals surface area contributed by atoms with Crippen LogP contribution in [-0.4, -0.2) is 34.1 Å². The van der Waals surface area contributed by atoms with E-state index < -0.39 is 0 Å². The minimum atomic E-state index is -0.195. The van der Waals surface area contributed by atoms with Gasteiger partial charge in [0.25, 0.3) is 0 Å². The molecular weight excluding hydrogens is 312 g/mol. The monoisotopic (exact) mass is 338 g/mol. The van der Waals surface area contributed by atoms with Crippen molar-refractivity contribution in [1.82, 2.24) is 14.9 Å². The Labute approximate surface area is 149 Å². The van der Waals surface area contributed by atoms with Gasteiger partial charge in [0, 0.05) is 43.1 Å². The van der Waals surface area contributed by atoms with Crippen molar-refractivity contribution in [2.45, 2.75) is 57.7 Å². The first-order valence-electron chi connectivity index (χ1n) is 9.30. The molecule has 0 spiro atoms. The number of nitrogens with zero attached hydrogens (tertiary/aromatic N) is 3. The smallest absolute Gasteiger partial charge is 0.244 e. The molecule has 132 valence electrons. The third-order valence-corrected chi connectivity index (χ3v) is 5.55. The SMILES string of the molecule is CC(NCC1CCCn2ccnc21)C(=O)N1c2ccccc2CC1C. The van der Waals surface area contributed by atoms with Crippen LogP contribution >= 0.6 is 0 Å². The number of benzene rings is 1. The van der Waals surface area contributed by atoms with Crippen LogP contribution in [0.15, 0.2) is 36.7 Å². The van der Waals surface area contributed by atoms with Crippen LogP contribution in [0.4, 0.5) is 5.69 Å². The van der Waals surface area contributed by atoms with Crippen LogP contribution in [0.5, 0.6) is 0 Å². The molecule has 3 unspecified atom stereocenters. The van der Waals surface area contributed by atoms with Crippen LogP contribution in [0.2, 0.25) is 0 Å². The molecule has 1 amide bonds. The zero-order valence-corrected chi connectivity index (χ0v) is 15.0. The number of nitrogens with one attached hydrogen (secondary N) is 1. The fourth-order valence-corrected chi connectivity index (χ4v) is 4.22. The first-order chi connectivity index (χ1) is 12.1. The Morgan fingerprint density at radius 2 is 2.24 bits per heavy atom. The van der Waals surface area contributed by atoms with Crippen molar-refractivity contribution in [3.05, 3.63) is 48.0 Å². The predicted octanol–water partition coefficient (Wildman–Crippen LogP) is 2.72. The van der Waals surface area contributed by atoms with Crippen molar-refractivity contribution >= 4 is 11.6 Å². The van der Waals surface area contributed by atoms with E-state index >= 15 is 0 Å². The summed E-state index contributed by atoms with van der Waals surface area (Å²) in [5, 5.41) is 3.47. The van der Waals surface area contributed by atoms with E-state index in [2.05, 4.69) is 40.1 Å². The van der Waals surface area contributed by atoms with Crippen molar-refractivity contribution in [3.63, 3.8) is 0 Å². The summed E-state index contributed by atoms with van der Waals surface area (Å²) < 4.78 is 2.24. The zero-order valence-electron chi connectivity index (χ0n) is 15.0. The molecule has 0 aliphatic carbocycles. The summed E-state index contributed by atoms with van der Waals surface area (Å²) >= 11 is 0. The van der Waals surface area contributed by atoms with Gasteiger partial charge in [0.15, 0.2) is 0 Å². The van der Waals surface area contributed by atoms with Crippen molar-refractivity contribution < 1.29 is 4.79 Å². The van der Waals surface area contributed by atoms with E-state index in [1.54, 1.807) is 0 Å². The summed E-state index contributed by atoms with van der Waals surface area (Å²) in [7, 11) is 0. The van der Waals surface area contributed by atoms with E-state index in [0.717, 1.165) is 37.4 Å². The van der Waals surface area contributed by atoms with E-state index in [9.17, 15) is 4.79 Å². The molecule has 0 fully saturated rings. The van der Waals surface area contributed by atoms with Gasteiger partial charge in [-0.15, -0.1) is 0 Å². The quantitative estimate of drug-likeness (QED) is 0.932. The van der Waals surface area contributed by atoms with Gasteiger partial charge < -0.3 is 14.8 Å². The molecule has 1 aromatic heterocycles. The van der Waals surface area contributed by atoms with Crippen molar-refractivity contribution in [1.29, 1.82) is 0 Å². The first kappa shape index (κ1) is 16.3. The molecule has 0 saturated carbocycles. The lowest BCUT2D eigenvalue weighted by atomic mass is 9.98. The number of aromatic nitrogens is 2.